The van der Waals surface area contributed by atoms with Crippen LogP contribution in [-0.2, 0) is 0 Å². The molecule has 1 fully saturated rings. The van der Waals surface area contributed by atoms with Crippen molar-refractivity contribution in [3.05, 3.63) is 64.4 Å². The van der Waals surface area contributed by atoms with Crippen LogP contribution in [0.2, 0.25) is 0 Å². The first-order valence-corrected chi connectivity index (χ1v) is 12.4. The Hall–Kier alpha value is -3.23. The molecule has 0 aliphatic carbocycles. The van der Waals surface area contributed by atoms with Crippen LogP contribution in [0.15, 0.2) is 47.1 Å². The fourth-order valence-electron chi connectivity index (χ4n) is 4.53. The standard InChI is InChI=1S/C26H29N5O2S/c1-17-6-4-7-20(16-17)31-13-11-30(12-14-31)10-9-27-25(32)23-18(2)22-19(3)28-24(29-26(22)34-23)21-8-5-15-33-21/h4-8,15-16H,9-14H2,1-3H3,(H,27,32). The van der Waals surface area contributed by atoms with Gasteiger partial charge in [0.25, 0.3) is 5.91 Å². The lowest BCUT2D eigenvalue weighted by Gasteiger charge is -2.36. The number of furan rings is 1. The summed E-state index contributed by atoms with van der Waals surface area (Å²) in [4.78, 5) is 28.6. The molecule has 0 unspecified atom stereocenters. The van der Waals surface area contributed by atoms with Crippen LogP contribution in [0.4, 0.5) is 5.69 Å². The van der Waals surface area contributed by atoms with Gasteiger partial charge in [0.05, 0.1) is 16.8 Å². The smallest absolute Gasteiger partial charge is 0.261 e. The van der Waals surface area contributed by atoms with Crippen LogP contribution >= 0.6 is 11.3 Å². The molecule has 0 spiro atoms. The molecule has 0 saturated carbocycles. The number of nitrogens with one attached hydrogen (secondary N) is 1. The summed E-state index contributed by atoms with van der Waals surface area (Å²) < 4.78 is 5.45. The van der Waals surface area contributed by atoms with Gasteiger partial charge in [0.15, 0.2) is 11.6 Å². The molecule has 4 aromatic rings. The molecule has 4 heterocycles. The molecule has 3 aromatic heterocycles. The Morgan fingerprint density at radius 3 is 2.65 bits per heavy atom. The summed E-state index contributed by atoms with van der Waals surface area (Å²) in [6.45, 7) is 11.5. The lowest BCUT2D eigenvalue weighted by atomic mass is 10.1. The summed E-state index contributed by atoms with van der Waals surface area (Å²) in [6, 6.07) is 12.3. The van der Waals surface area contributed by atoms with Crippen molar-refractivity contribution < 1.29 is 9.21 Å². The number of benzene rings is 1. The van der Waals surface area contributed by atoms with E-state index in [9.17, 15) is 4.79 Å². The van der Waals surface area contributed by atoms with Crippen LogP contribution in [0, 0.1) is 20.8 Å². The Balaban J connectivity index is 1.19. The maximum atomic E-state index is 13.0. The molecule has 7 nitrogen and oxygen atoms in total. The van der Waals surface area contributed by atoms with E-state index in [4.69, 9.17) is 4.42 Å². The minimum atomic E-state index is -0.0437. The Kier molecular flexibility index (Phi) is 6.34. The number of thiophene rings is 1. The van der Waals surface area contributed by atoms with Gasteiger partial charge in [-0.2, -0.15) is 0 Å². The Morgan fingerprint density at radius 1 is 1.09 bits per heavy atom. The van der Waals surface area contributed by atoms with Gasteiger partial charge < -0.3 is 14.6 Å². The number of nitrogens with zero attached hydrogens (tertiary/aromatic N) is 4. The molecule has 1 amide bonds. The number of aryl methyl sites for hydroxylation is 3. The number of hydrogen-bond donors (Lipinski definition) is 1. The zero-order chi connectivity index (χ0) is 23.7. The summed E-state index contributed by atoms with van der Waals surface area (Å²) in [5, 5.41) is 4.07. The maximum absolute atomic E-state index is 13.0. The van der Waals surface area contributed by atoms with Gasteiger partial charge in [-0.25, -0.2) is 9.97 Å². The van der Waals surface area contributed by atoms with Crippen LogP contribution in [0.25, 0.3) is 21.8 Å². The van der Waals surface area contributed by atoms with E-state index < -0.39 is 0 Å². The fourth-order valence-corrected chi connectivity index (χ4v) is 5.68. The molecule has 0 bridgehead atoms. The van der Waals surface area contributed by atoms with E-state index in [1.807, 2.05) is 26.0 Å². The summed E-state index contributed by atoms with van der Waals surface area (Å²) >= 11 is 1.42. The second-order valence-electron chi connectivity index (χ2n) is 8.77. The fraction of sp³-hybridized carbons (Fsp3) is 0.346. The van der Waals surface area contributed by atoms with Crippen LogP contribution in [0.5, 0.6) is 0 Å². The third-order valence-corrected chi connectivity index (χ3v) is 7.56. The second-order valence-corrected chi connectivity index (χ2v) is 9.77. The van der Waals surface area contributed by atoms with E-state index in [2.05, 4.69) is 56.3 Å². The quantitative estimate of drug-likeness (QED) is 0.445. The first kappa shape index (κ1) is 22.6. The molecule has 0 atom stereocenters. The normalized spacial score (nSPS) is 14.6. The van der Waals surface area contributed by atoms with Crippen molar-refractivity contribution in [1.82, 2.24) is 20.2 Å². The van der Waals surface area contributed by atoms with Crippen LogP contribution in [-0.4, -0.2) is 60.0 Å². The number of piperazine rings is 1. The first-order chi connectivity index (χ1) is 16.5. The molecule has 8 heteroatoms. The zero-order valence-corrected chi connectivity index (χ0v) is 20.6. The lowest BCUT2D eigenvalue weighted by Crippen LogP contribution is -2.48. The van der Waals surface area contributed by atoms with Gasteiger partial charge in [-0.1, -0.05) is 12.1 Å². The predicted octanol–water partition coefficient (Wildman–Crippen LogP) is 4.43. The van der Waals surface area contributed by atoms with Crippen molar-refractivity contribution >= 4 is 33.1 Å². The molecule has 34 heavy (non-hydrogen) atoms. The SMILES string of the molecule is Cc1cccc(N2CCN(CCNC(=O)c3sc4nc(-c5ccco5)nc(C)c4c3C)CC2)c1. The summed E-state index contributed by atoms with van der Waals surface area (Å²) in [6.07, 6.45) is 1.61. The van der Waals surface area contributed by atoms with E-state index in [0.29, 0.717) is 23.0 Å². The third-order valence-electron chi connectivity index (χ3n) is 6.37. The van der Waals surface area contributed by atoms with Gasteiger partial charge in [-0.15, -0.1) is 11.3 Å². The van der Waals surface area contributed by atoms with Gasteiger partial charge in [0.1, 0.15) is 4.83 Å². The van der Waals surface area contributed by atoms with Crippen molar-refractivity contribution in [3.63, 3.8) is 0 Å². The molecule has 1 aliphatic heterocycles. The number of fused-ring (bicyclic) bond motifs is 1. The van der Waals surface area contributed by atoms with Crippen molar-refractivity contribution in [2.75, 3.05) is 44.2 Å². The van der Waals surface area contributed by atoms with Crippen molar-refractivity contribution in [2.45, 2.75) is 20.8 Å². The second kappa shape index (κ2) is 9.56. The van der Waals surface area contributed by atoms with E-state index >= 15 is 0 Å². The highest BCUT2D eigenvalue weighted by Gasteiger charge is 2.21. The highest BCUT2D eigenvalue weighted by Crippen LogP contribution is 2.33. The van der Waals surface area contributed by atoms with Crippen LogP contribution < -0.4 is 10.2 Å². The first-order valence-electron chi connectivity index (χ1n) is 11.6. The summed E-state index contributed by atoms with van der Waals surface area (Å²) in [7, 11) is 0. The van der Waals surface area contributed by atoms with Crippen LogP contribution in [0.1, 0.15) is 26.5 Å². The monoisotopic (exact) mass is 475 g/mol. The highest BCUT2D eigenvalue weighted by atomic mass is 32.1. The van der Waals surface area contributed by atoms with Gasteiger partial charge in [0.2, 0.25) is 0 Å². The van der Waals surface area contributed by atoms with Gasteiger partial charge in [-0.05, 0) is 56.2 Å². The number of carbonyl (C=O) groups is 1. The Morgan fingerprint density at radius 2 is 1.91 bits per heavy atom. The molecule has 1 aromatic carbocycles. The number of hydrogen-bond acceptors (Lipinski definition) is 7. The van der Waals surface area contributed by atoms with Crippen LogP contribution in [0.3, 0.4) is 0 Å². The van der Waals surface area contributed by atoms with Crippen molar-refractivity contribution in [2.24, 2.45) is 0 Å². The Labute approximate surface area is 203 Å². The molecule has 1 aliphatic rings. The topological polar surface area (TPSA) is 74.5 Å². The number of rotatable bonds is 6. The maximum Gasteiger partial charge on any atom is 0.261 e. The number of anilines is 1. The summed E-state index contributed by atoms with van der Waals surface area (Å²) in [5.74, 6) is 1.13. The van der Waals surface area contributed by atoms with E-state index in [0.717, 1.165) is 54.2 Å². The third kappa shape index (κ3) is 4.56. The molecule has 176 valence electrons. The highest BCUT2D eigenvalue weighted by molar-refractivity contribution is 7.20. The zero-order valence-electron chi connectivity index (χ0n) is 19.8. The average Bonchev–Trinajstić information content (AvgIpc) is 3.48. The lowest BCUT2D eigenvalue weighted by molar-refractivity contribution is 0.0951. The molecule has 1 saturated heterocycles. The summed E-state index contributed by atoms with van der Waals surface area (Å²) in [5.41, 5.74) is 4.38. The average molecular weight is 476 g/mol. The minimum Gasteiger partial charge on any atom is -0.461 e. The largest absolute Gasteiger partial charge is 0.461 e. The molecule has 0 radical (unpaired) electrons. The van der Waals surface area contributed by atoms with E-state index in [-0.39, 0.29) is 5.91 Å². The predicted molar refractivity (Wildman–Crippen MR) is 137 cm³/mol. The van der Waals surface area contributed by atoms with Crippen molar-refractivity contribution in [1.29, 1.82) is 0 Å². The number of amides is 1. The number of carbonyl (C=O) groups excluding carboxylic acids is 1. The number of aromatic nitrogens is 2. The van der Waals surface area contributed by atoms with E-state index in [1.165, 1.54) is 22.6 Å². The van der Waals surface area contributed by atoms with Gasteiger partial charge >= 0.3 is 0 Å². The molecular formula is C26H29N5O2S. The van der Waals surface area contributed by atoms with E-state index in [1.54, 1.807) is 6.26 Å². The molecular weight excluding hydrogens is 446 g/mol. The molecule has 1 N–H and O–H groups in total. The minimum absolute atomic E-state index is 0.0437. The van der Waals surface area contributed by atoms with Gasteiger partial charge in [0, 0.05) is 50.3 Å². The molecule has 5 rings (SSSR count). The van der Waals surface area contributed by atoms with Gasteiger partial charge in [-0.3, -0.25) is 9.69 Å². The Bertz CT molecular complexity index is 1310. The van der Waals surface area contributed by atoms with Crippen molar-refractivity contribution in [3.8, 4) is 11.6 Å².